The van der Waals surface area contributed by atoms with Crippen molar-refractivity contribution in [3.8, 4) is 0 Å². The van der Waals surface area contributed by atoms with Gasteiger partial charge in [-0.05, 0) is 24.6 Å². The van der Waals surface area contributed by atoms with E-state index in [0.29, 0.717) is 12.2 Å². The van der Waals surface area contributed by atoms with Crippen molar-refractivity contribution in [2.75, 3.05) is 0 Å². The number of benzene rings is 1. The Morgan fingerprint density at radius 1 is 1.39 bits per heavy atom. The Bertz CT molecular complexity index is 563. The Hall–Kier alpha value is -1.69. The van der Waals surface area contributed by atoms with Gasteiger partial charge in [0.25, 0.3) is 0 Å². The number of carboxylic acid groups (broad SMARTS) is 1. The highest BCUT2D eigenvalue weighted by molar-refractivity contribution is 9.10. The van der Waals surface area contributed by atoms with Crippen molar-refractivity contribution in [2.24, 2.45) is 0 Å². The Labute approximate surface area is 113 Å². The van der Waals surface area contributed by atoms with Crippen molar-refractivity contribution in [1.82, 2.24) is 15.0 Å². The van der Waals surface area contributed by atoms with Crippen molar-refractivity contribution in [3.63, 3.8) is 0 Å². The quantitative estimate of drug-likeness (QED) is 0.938. The van der Waals surface area contributed by atoms with Crippen molar-refractivity contribution in [3.05, 3.63) is 45.7 Å². The molecule has 0 bridgehead atoms. The second-order valence-corrected chi connectivity index (χ2v) is 4.89. The molecule has 2 aromatic rings. The summed E-state index contributed by atoms with van der Waals surface area (Å²) < 4.78 is 2.73. The molecule has 5 nitrogen and oxygen atoms in total. The van der Waals surface area contributed by atoms with E-state index in [1.54, 1.807) is 4.68 Å². The molecule has 0 amide bonds. The van der Waals surface area contributed by atoms with Gasteiger partial charge < -0.3 is 5.11 Å². The highest BCUT2D eigenvalue weighted by Gasteiger charge is 2.11. The molecule has 0 fully saturated rings. The summed E-state index contributed by atoms with van der Waals surface area (Å²) in [6.45, 7) is 2.42. The molecular weight excluding hydrogens is 298 g/mol. The van der Waals surface area contributed by atoms with Crippen molar-refractivity contribution in [2.45, 2.75) is 19.9 Å². The normalized spacial score (nSPS) is 10.6. The molecule has 1 N–H and O–H groups in total. The number of carboxylic acids is 1. The second-order valence-electron chi connectivity index (χ2n) is 3.98. The van der Waals surface area contributed by atoms with Gasteiger partial charge in [0, 0.05) is 4.47 Å². The molecule has 18 heavy (non-hydrogen) atoms. The molecular formula is C12H12BrN3O2. The highest BCUT2D eigenvalue weighted by Crippen LogP contribution is 2.13. The van der Waals surface area contributed by atoms with E-state index in [1.807, 2.05) is 31.2 Å². The predicted octanol–water partition coefficient (Wildman–Crippen LogP) is 2.02. The zero-order valence-corrected chi connectivity index (χ0v) is 11.4. The first kappa shape index (κ1) is 12.8. The molecule has 0 aliphatic carbocycles. The summed E-state index contributed by atoms with van der Waals surface area (Å²) in [5.41, 5.74) is 2.40. The molecule has 1 heterocycles. The number of hydrogen-bond donors (Lipinski definition) is 1. The zero-order valence-electron chi connectivity index (χ0n) is 9.80. The fourth-order valence-electron chi connectivity index (χ4n) is 1.62. The molecule has 1 aromatic carbocycles. The minimum atomic E-state index is -0.895. The van der Waals surface area contributed by atoms with Crippen LogP contribution in [0.25, 0.3) is 0 Å². The monoisotopic (exact) mass is 309 g/mol. The molecule has 0 aliphatic heterocycles. The Kier molecular flexibility index (Phi) is 3.76. The number of nitrogens with zero attached hydrogens (tertiary/aromatic N) is 3. The first-order valence-corrected chi connectivity index (χ1v) is 6.21. The standard InChI is InChI=1S/C12H12BrN3O2/c1-8-11(6-12(17)18)14-15-16(8)7-9-2-4-10(13)5-3-9/h2-5H,6-7H2,1H3,(H,17,18). The van der Waals surface area contributed by atoms with Crippen LogP contribution in [0.1, 0.15) is 17.0 Å². The van der Waals surface area contributed by atoms with Crippen LogP contribution in [0.2, 0.25) is 0 Å². The van der Waals surface area contributed by atoms with Gasteiger partial charge >= 0.3 is 5.97 Å². The lowest BCUT2D eigenvalue weighted by molar-refractivity contribution is -0.136. The third-order valence-corrected chi connectivity index (χ3v) is 3.17. The number of aromatic nitrogens is 3. The first-order chi connectivity index (χ1) is 8.56. The molecule has 6 heteroatoms. The fourth-order valence-corrected chi connectivity index (χ4v) is 1.88. The van der Waals surface area contributed by atoms with Gasteiger partial charge in [-0.3, -0.25) is 4.79 Å². The van der Waals surface area contributed by atoms with Crippen LogP contribution in [0.15, 0.2) is 28.7 Å². The van der Waals surface area contributed by atoms with Crippen LogP contribution >= 0.6 is 15.9 Å². The zero-order chi connectivity index (χ0) is 13.1. The maximum absolute atomic E-state index is 10.6. The maximum atomic E-state index is 10.6. The maximum Gasteiger partial charge on any atom is 0.309 e. The van der Waals surface area contributed by atoms with E-state index >= 15 is 0 Å². The van der Waals surface area contributed by atoms with Crippen molar-refractivity contribution in [1.29, 1.82) is 0 Å². The molecule has 0 unspecified atom stereocenters. The lowest BCUT2D eigenvalue weighted by atomic mass is 10.2. The molecule has 0 radical (unpaired) electrons. The minimum absolute atomic E-state index is 0.0911. The lowest BCUT2D eigenvalue weighted by Gasteiger charge is -2.04. The first-order valence-electron chi connectivity index (χ1n) is 5.41. The van der Waals surface area contributed by atoms with Gasteiger partial charge in [-0.2, -0.15) is 0 Å². The van der Waals surface area contributed by atoms with E-state index in [-0.39, 0.29) is 6.42 Å². The van der Waals surface area contributed by atoms with Crippen LogP contribution in [0, 0.1) is 6.92 Å². The summed E-state index contributed by atoms with van der Waals surface area (Å²) in [6.07, 6.45) is -0.0911. The lowest BCUT2D eigenvalue weighted by Crippen LogP contribution is -2.06. The minimum Gasteiger partial charge on any atom is -0.481 e. The summed E-state index contributed by atoms with van der Waals surface area (Å²) in [6, 6.07) is 7.89. The third kappa shape index (κ3) is 2.95. The largest absolute Gasteiger partial charge is 0.481 e. The van der Waals surface area contributed by atoms with Gasteiger partial charge in [0.2, 0.25) is 0 Å². The summed E-state index contributed by atoms with van der Waals surface area (Å²) >= 11 is 3.38. The van der Waals surface area contributed by atoms with Gasteiger partial charge in [0.05, 0.1) is 24.4 Å². The number of carbonyl (C=O) groups is 1. The number of hydrogen-bond acceptors (Lipinski definition) is 3. The van der Waals surface area contributed by atoms with Gasteiger partial charge in [0.1, 0.15) is 0 Å². The van der Waals surface area contributed by atoms with Crippen LogP contribution in [0.5, 0.6) is 0 Å². The summed E-state index contributed by atoms with van der Waals surface area (Å²) in [5, 5.41) is 16.6. The summed E-state index contributed by atoms with van der Waals surface area (Å²) in [7, 11) is 0. The predicted molar refractivity (Wildman–Crippen MR) is 69.3 cm³/mol. The smallest absolute Gasteiger partial charge is 0.309 e. The number of aliphatic carboxylic acids is 1. The van der Waals surface area contributed by atoms with Crippen LogP contribution < -0.4 is 0 Å². The average Bonchev–Trinajstić information content (AvgIpc) is 2.64. The van der Waals surface area contributed by atoms with Crippen LogP contribution in [-0.2, 0) is 17.8 Å². The van der Waals surface area contributed by atoms with E-state index in [4.69, 9.17) is 5.11 Å². The summed E-state index contributed by atoms with van der Waals surface area (Å²) in [5.74, 6) is -0.895. The molecule has 94 valence electrons. The van der Waals surface area contributed by atoms with Gasteiger partial charge in [-0.15, -0.1) is 5.10 Å². The Balaban J connectivity index is 2.17. The highest BCUT2D eigenvalue weighted by atomic mass is 79.9. The summed E-state index contributed by atoms with van der Waals surface area (Å²) in [4.78, 5) is 10.6. The molecule has 1 aromatic heterocycles. The van der Waals surface area contributed by atoms with E-state index in [0.717, 1.165) is 15.7 Å². The van der Waals surface area contributed by atoms with Gasteiger partial charge in [-0.25, -0.2) is 4.68 Å². The average molecular weight is 310 g/mol. The van der Waals surface area contributed by atoms with Crippen molar-refractivity contribution >= 4 is 21.9 Å². The molecule has 0 aliphatic rings. The van der Waals surface area contributed by atoms with E-state index in [2.05, 4.69) is 26.2 Å². The Morgan fingerprint density at radius 2 is 2.06 bits per heavy atom. The second kappa shape index (κ2) is 5.30. The topological polar surface area (TPSA) is 68.0 Å². The van der Waals surface area contributed by atoms with E-state index in [1.165, 1.54) is 0 Å². The molecule has 0 spiro atoms. The van der Waals surface area contributed by atoms with Crippen molar-refractivity contribution < 1.29 is 9.90 Å². The molecule has 0 saturated carbocycles. The Morgan fingerprint density at radius 3 is 2.67 bits per heavy atom. The van der Waals surface area contributed by atoms with E-state index in [9.17, 15) is 4.79 Å². The third-order valence-electron chi connectivity index (χ3n) is 2.64. The van der Waals surface area contributed by atoms with Crippen LogP contribution in [0.4, 0.5) is 0 Å². The molecule has 2 rings (SSSR count). The number of rotatable bonds is 4. The van der Waals surface area contributed by atoms with Crippen LogP contribution in [-0.4, -0.2) is 26.1 Å². The van der Waals surface area contributed by atoms with Gasteiger partial charge in [-0.1, -0.05) is 33.3 Å². The number of halogens is 1. The van der Waals surface area contributed by atoms with E-state index < -0.39 is 5.97 Å². The SMILES string of the molecule is Cc1c(CC(=O)O)nnn1Cc1ccc(Br)cc1. The van der Waals surface area contributed by atoms with Gasteiger partial charge in [0.15, 0.2) is 0 Å². The molecule has 0 atom stereocenters. The van der Waals surface area contributed by atoms with Crippen LogP contribution in [0.3, 0.4) is 0 Å². The molecule has 0 saturated heterocycles. The fraction of sp³-hybridized carbons (Fsp3) is 0.250.